The first-order valence-corrected chi connectivity index (χ1v) is 5.61. The number of carbonyl (C=O) groups excluding carboxylic acids is 1. The minimum absolute atomic E-state index is 0.357. The van der Waals surface area contributed by atoms with Crippen molar-refractivity contribution in [3.05, 3.63) is 45.7 Å². The lowest BCUT2D eigenvalue weighted by atomic mass is 10.2. The molecule has 1 aromatic heterocycles. The Morgan fingerprint density at radius 1 is 1.31 bits per heavy atom. The SMILES string of the molecule is O=Cc1ccnc(-c2ccc(Cl)c(Br)c2)n1. The van der Waals surface area contributed by atoms with Crippen LogP contribution in [0.25, 0.3) is 11.4 Å². The van der Waals surface area contributed by atoms with Crippen LogP contribution in [0.2, 0.25) is 5.02 Å². The highest BCUT2D eigenvalue weighted by atomic mass is 79.9. The van der Waals surface area contributed by atoms with Gasteiger partial charge in [-0.25, -0.2) is 9.97 Å². The molecule has 0 fully saturated rings. The number of nitrogens with zero attached hydrogens (tertiary/aromatic N) is 2. The molecule has 0 radical (unpaired) electrons. The van der Waals surface area contributed by atoms with E-state index in [4.69, 9.17) is 11.6 Å². The van der Waals surface area contributed by atoms with Crippen LogP contribution >= 0.6 is 27.5 Å². The molecule has 2 rings (SSSR count). The Morgan fingerprint density at radius 3 is 2.81 bits per heavy atom. The zero-order valence-corrected chi connectivity index (χ0v) is 10.4. The van der Waals surface area contributed by atoms with Crippen molar-refractivity contribution in [1.29, 1.82) is 0 Å². The summed E-state index contributed by atoms with van der Waals surface area (Å²) < 4.78 is 0.770. The molecule has 0 amide bonds. The van der Waals surface area contributed by atoms with Gasteiger partial charge in [0.1, 0.15) is 5.69 Å². The number of aldehydes is 1. The van der Waals surface area contributed by atoms with Crippen LogP contribution in [0.3, 0.4) is 0 Å². The minimum Gasteiger partial charge on any atom is -0.296 e. The molecule has 0 aliphatic rings. The zero-order chi connectivity index (χ0) is 11.5. The summed E-state index contributed by atoms with van der Waals surface area (Å²) >= 11 is 9.20. The number of halogens is 2. The van der Waals surface area contributed by atoms with Gasteiger partial charge in [0.2, 0.25) is 0 Å². The molecule has 1 aromatic carbocycles. The first kappa shape index (κ1) is 11.2. The highest BCUT2D eigenvalue weighted by Crippen LogP contribution is 2.26. The van der Waals surface area contributed by atoms with E-state index in [1.165, 1.54) is 0 Å². The molecule has 0 aliphatic heterocycles. The summed E-state index contributed by atoms with van der Waals surface area (Å²) in [6, 6.07) is 6.92. The van der Waals surface area contributed by atoms with Gasteiger partial charge in [-0.15, -0.1) is 0 Å². The predicted molar refractivity (Wildman–Crippen MR) is 65.6 cm³/mol. The molecule has 0 unspecified atom stereocenters. The molecule has 5 heteroatoms. The van der Waals surface area contributed by atoms with Gasteiger partial charge < -0.3 is 0 Å². The third kappa shape index (κ3) is 2.28. The Morgan fingerprint density at radius 2 is 2.12 bits per heavy atom. The second-order valence-electron chi connectivity index (χ2n) is 3.05. The Hall–Kier alpha value is -1.26. The van der Waals surface area contributed by atoms with Gasteiger partial charge in [0.15, 0.2) is 12.1 Å². The molecular weight excluding hydrogens is 291 g/mol. The van der Waals surface area contributed by atoms with Crippen LogP contribution in [-0.4, -0.2) is 16.3 Å². The van der Waals surface area contributed by atoms with E-state index in [1.807, 2.05) is 6.07 Å². The van der Waals surface area contributed by atoms with Crippen LogP contribution < -0.4 is 0 Å². The fraction of sp³-hybridized carbons (Fsp3) is 0. The Kier molecular flexibility index (Phi) is 3.31. The molecule has 2 aromatic rings. The summed E-state index contributed by atoms with van der Waals surface area (Å²) in [4.78, 5) is 18.8. The van der Waals surface area contributed by atoms with E-state index >= 15 is 0 Å². The Balaban J connectivity index is 2.49. The molecule has 0 spiro atoms. The maximum atomic E-state index is 10.6. The lowest BCUT2D eigenvalue weighted by molar-refractivity contribution is 0.111. The van der Waals surface area contributed by atoms with Crippen molar-refractivity contribution in [2.75, 3.05) is 0 Å². The number of rotatable bonds is 2. The van der Waals surface area contributed by atoms with Gasteiger partial charge in [0.25, 0.3) is 0 Å². The molecule has 0 saturated heterocycles. The van der Waals surface area contributed by atoms with Crippen LogP contribution in [0.15, 0.2) is 34.9 Å². The van der Waals surface area contributed by atoms with Crippen LogP contribution in [0, 0.1) is 0 Å². The van der Waals surface area contributed by atoms with E-state index in [2.05, 4.69) is 25.9 Å². The largest absolute Gasteiger partial charge is 0.296 e. The van der Waals surface area contributed by atoms with Gasteiger partial charge in [-0.3, -0.25) is 4.79 Å². The van der Waals surface area contributed by atoms with E-state index in [1.54, 1.807) is 24.4 Å². The quantitative estimate of drug-likeness (QED) is 0.798. The van der Waals surface area contributed by atoms with Crippen LogP contribution in [-0.2, 0) is 0 Å². The van der Waals surface area contributed by atoms with Crippen LogP contribution in [0.5, 0.6) is 0 Å². The van der Waals surface area contributed by atoms with Gasteiger partial charge >= 0.3 is 0 Å². The topological polar surface area (TPSA) is 42.9 Å². The lowest BCUT2D eigenvalue weighted by Crippen LogP contribution is -1.93. The number of hydrogen-bond donors (Lipinski definition) is 0. The highest BCUT2D eigenvalue weighted by Gasteiger charge is 2.04. The maximum Gasteiger partial charge on any atom is 0.168 e. The summed E-state index contributed by atoms with van der Waals surface area (Å²) in [6.07, 6.45) is 2.24. The summed E-state index contributed by atoms with van der Waals surface area (Å²) in [5.41, 5.74) is 1.16. The van der Waals surface area contributed by atoms with Crippen molar-refractivity contribution in [3.8, 4) is 11.4 Å². The third-order valence-corrected chi connectivity index (χ3v) is 3.19. The van der Waals surface area contributed by atoms with Crippen LogP contribution in [0.1, 0.15) is 10.5 Å². The summed E-state index contributed by atoms with van der Waals surface area (Å²) in [6.45, 7) is 0. The van der Waals surface area contributed by atoms with Gasteiger partial charge in [-0.1, -0.05) is 11.6 Å². The highest BCUT2D eigenvalue weighted by molar-refractivity contribution is 9.10. The molecule has 0 N–H and O–H groups in total. The van der Waals surface area contributed by atoms with Crippen molar-refractivity contribution >= 4 is 33.8 Å². The van der Waals surface area contributed by atoms with E-state index < -0.39 is 0 Å². The summed E-state index contributed by atoms with van der Waals surface area (Å²) in [7, 11) is 0. The minimum atomic E-state index is 0.357. The van der Waals surface area contributed by atoms with Gasteiger partial charge in [0.05, 0.1) is 5.02 Å². The van der Waals surface area contributed by atoms with Gasteiger partial charge in [0, 0.05) is 16.2 Å². The molecule has 1 heterocycles. The summed E-state index contributed by atoms with van der Waals surface area (Å²) in [5, 5.41) is 0.621. The molecule has 16 heavy (non-hydrogen) atoms. The molecule has 0 bridgehead atoms. The van der Waals surface area contributed by atoms with Crippen molar-refractivity contribution in [1.82, 2.24) is 9.97 Å². The second kappa shape index (κ2) is 4.72. The fourth-order valence-corrected chi connectivity index (χ4v) is 1.71. The Bertz CT molecular complexity index is 545. The van der Waals surface area contributed by atoms with Crippen molar-refractivity contribution in [2.24, 2.45) is 0 Å². The third-order valence-electron chi connectivity index (χ3n) is 1.98. The fourth-order valence-electron chi connectivity index (χ4n) is 1.21. The molecule has 0 saturated carbocycles. The normalized spacial score (nSPS) is 10.1. The Labute approximate surface area is 106 Å². The maximum absolute atomic E-state index is 10.6. The van der Waals surface area contributed by atoms with Crippen molar-refractivity contribution in [2.45, 2.75) is 0 Å². The molecular formula is C11H6BrClN2O. The first-order chi connectivity index (χ1) is 7.70. The average molecular weight is 298 g/mol. The smallest absolute Gasteiger partial charge is 0.168 e. The molecule has 0 atom stereocenters. The van der Waals surface area contributed by atoms with E-state index in [-0.39, 0.29) is 0 Å². The molecule has 3 nitrogen and oxygen atoms in total. The molecule has 0 aliphatic carbocycles. The average Bonchev–Trinajstić information content (AvgIpc) is 2.33. The van der Waals surface area contributed by atoms with Crippen molar-refractivity contribution < 1.29 is 4.79 Å². The number of hydrogen-bond acceptors (Lipinski definition) is 3. The predicted octanol–water partition coefficient (Wildman–Crippen LogP) is 3.37. The first-order valence-electron chi connectivity index (χ1n) is 4.44. The number of aromatic nitrogens is 2. The van der Waals surface area contributed by atoms with E-state index in [0.717, 1.165) is 10.0 Å². The van der Waals surface area contributed by atoms with Gasteiger partial charge in [-0.05, 0) is 40.2 Å². The monoisotopic (exact) mass is 296 g/mol. The standard InChI is InChI=1S/C11H6BrClN2O/c12-9-5-7(1-2-10(9)13)11-14-4-3-8(6-16)15-11/h1-6H. The number of carbonyl (C=O) groups is 1. The van der Waals surface area contributed by atoms with Crippen molar-refractivity contribution in [3.63, 3.8) is 0 Å². The van der Waals surface area contributed by atoms with Crippen LogP contribution in [0.4, 0.5) is 0 Å². The lowest BCUT2D eigenvalue weighted by Gasteiger charge is -2.02. The summed E-state index contributed by atoms with van der Waals surface area (Å²) in [5.74, 6) is 0.502. The van der Waals surface area contributed by atoms with Gasteiger partial charge in [-0.2, -0.15) is 0 Å². The van der Waals surface area contributed by atoms with E-state index in [0.29, 0.717) is 22.8 Å². The second-order valence-corrected chi connectivity index (χ2v) is 4.31. The number of benzene rings is 1. The van der Waals surface area contributed by atoms with E-state index in [9.17, 15) is 4.79 Å². The zero-order valence-electron chi connectivity index (χ0n) is 8.02. The molecule has 80 valence electrons.